The largest absolute Gasteiger partial charge is 0.316 e. The van der Waals surface area contributed by atoms with Gasteiger partial charge in [-0.2, -0.15) is 5.10 Å². The summed E-state index contributed by atoms with van der Waals surface area (Å²) in [4.78, 5) is 12.0. The Morgan fingerprint density at radius 3 is 2.82 bits per heavy atom. The van der Waals surface area contributed by atoms with E-state index < -0.39 is 0 Å². The summed E-state index contributed by atoms with van der Waals surface area (Å²) in [6, 6.07) is 0. The van der Waals surface area contributed by atoms with Crippen LogP contribution in [0.5, 0.6) is 0 Å². The van der Waals surface area contributed by atoms with E-state index in [4.69, 9.17) is 0 Å². The Hall–Kier alpha value is -0.680. The predicted octanol–water partition coefficient (Wildman–Crippen LogP) is 1.70. The van der Waals surface area contributed by atoms with Crippen molar-refractivity contribution in [2.75, 3.05) is 13.1 Å². The highest BCUT2D eigenvalue weighted by atomic mass is 79.9. The van der Waals surface area contributed by atoms with Crippen LogP contribution in [-0.4, -0.2) is 28.7 Å². The number of hydrogen-bond donors (Lipinski definition) is 1. The Kier molecular flexibility index (Phi) is 3.99. The minimum absolute atomic E-state index is 0.312. The molecule has 1 aliphatic rings. The number of rotatable bonds is 5. The Bertz CT molecular complexity index is 424. The summed E-state index contributed by atoms with van der Waals surface area (Å²) >= 11 is 3.52. The zero-order valence-electron chi connectivity index (χ0n) is 10.3. The Labute approximate surface area is 110 Å². The number of nitrogens with one attached hydrogen (secondary N) is 1. The fraction of sp³-hybridized carbons (Fsp3) is 0.667. The number of carbonyl (C=O) groups is 1. The molecule has 1 aliphatic heterocycles. The number of hydrogen-bond acceptors (Lipinski definition) is 3. The third kappa shape index (κ3) is 2.77. The van der Waals surface area contributed by atoms with E-state index in [9.17, 15) is 4.79 Å². The van der Waals surface area contributed by atoms with Gasteiger partial charge in [0.05, 0.1) is 15.9 Å². The van der Waals surface area contributed by atoms with Gasteiger partial charge in [0.25, 0.3) is 0 Å². The van der Waals surface area contributed by atoms with Crippen LogP contribution in [0, 0.1) is 12.8 Å². The van der Waals surface area contributed by atoms with Crippen molar-refractivity contribution in [2.24, 2.45) is 5.92 Å². The van der Waals surface area contributed by atoms with Crippen LogP contribution in [0.4, 0.5) is 0 Å². The average molecular weight is 300 g/mol. The molecule has 0 aliphatic carbocycles. The van der Waals surface area contributed by atoms with Crippen molar-refractivity contribution in [1.29, 1.82) is 0 Å². The number of Topliss-reactive ketones (excluding diaryl/α,β-unsaturated/α-hetero) is 1. The van der Waals surface area contributed by atoms with Gasteiger partial charge in [-0.25, -0.2) is 0 Å². The van der Waals surface area contributed by atoms with Gasteiger partial charge in [0.15, 0.2) is 0 Å². The third-order valence-corrected chi connectivity index (χ3v) is 4.23. The van der Waals surface area contributed by atoms with Gasteiger partial charge in [0.2, 0.25) is 0 Å². The quantitative estimate of drug-likeness (QED) is 0.900. The molecule has 94 valence electrons. The lowest BCUT2D eigenvalue weighted by molar-refractivity contribution is -0.119. The molecular weight excluding hydrogens is 282 g/mol. The van der Waals surface area contributed by atoms with Crippen LogP contribution in [0.25, 0.3) is 0 Å². The zero-order chi connectivity index (χ0) is 12.4. The first kappa shape index (κ1) is 12.8. The maximum atomic E-state index is 12.0. The zero-order valence-corrected chi connectivity index (χ0v) is 11.9. The number of carbonyl (C=O) groups excluding carboxylic acids is 1. The first-order chi connectivity index (χ1) is 8.11. The molecule has 5 heteroatoms. The Balaban J connectivity index is 2.03. The first-order valence-electron chi connectivity index (χ1n) is 6.06. The number of aryl methyl sites for hydroxylation is 2. The fourth-order valence-corrected chi connectivity index (χ4v) is 2.54. The molecule has 0 amide bonds. The minimum Gasteiger partial charge on any atom is -0.316 e. The summed E-state index contributed by atoms with van der Waals surface area (Å²) in [7, 11) is 0. The van der Waals surface area contributed by atoms with Crippen LogP contribution in [0.3, 0.4) is 0 Å². The molecule has 1 aromatic heterocycles. The van der Waals surface area contributed by atoms with E-state index in [0.717, 1.165) is 35.5 Å². The van der Waals surface area contributed by atoms with Crippen LogP contribution < -0.4 is 5.32 Å². The molecule has 0 bridgehead atoms. The molecule has 1 fully saturated rings. The minimum atomic E-state index is 0.312. The van der Waals surface area contributed by atoms with Gasteiger partial charge >= 0.3 is 0 Å². The van der Waals surface area contributed by atoms with E-state index in [2.05, 4.69) is 26.3 Å². The third-order valence-electron chi connectivity index (χ3n) is 3.20. The van der Waals surface area contributed by atoms with Crippen molar-refractivity contribution in [3.05, 3.63) is 15.9 Å². The Morgan fingerprint density at radius 2 is 2.29 bits per heavy atom. The first-order valence-corrected chi connectivity index (χ1v) is 6.85. The number of aromatic nitrogens is 2. The molecule has 0 radical (unpaired) electrons. The highest BCUT2D eigenvalue weighted by molar-refractivity contribution is 9.10. The molecule has 1 N–H and O–H groups in total. The smallest absolute Gasteiger partial charge is 0.139 e. The number of ketones is 1. The number of halogens is 1. The van der Waals surface area contributed by atoms with E-state index in [1.807, 2.05) is 18.5 Å². The van der Waals surface area contributed by atoms with Gasteiger partial charge in [0, 0.05) is 19.4 Å². The van der Waals surface area contributed by atoms with Crippen molar-refractivity contribution in [3.8, 4) is 0 Å². The van der Waals surface area contributed by atoms with Crippen LogP contribution in [-0.2, 0) is 17.8 Å². The standard InChI is InChI=1S/C12H18BrN3O/c1-3-16-11(12(13)8(2)15-16)5-10(17)4-9-6-14-7-9/h9,14H,3-7H2,1-2H3. The van der Waals surface area contributed by atoms with Crippen molar-refractivity contribution >= 4 is 21.7 Å². The second-order valence-electron chi connectivity index (χ2n) is 4.61. The molecule has 0 saturated carbocycles. The van der Waals surface area contributed by atoms with E-state index >= 15 is 0 Å². The van der Waals surface area contributed by atoms with Crippen molar-refractivity contribution in [1.82, 2.24) is 15.1 Å². The fourth-order valence-electron chi connectivity index (χ4n) is 2.11. The normalized spacial score (nSPS) is 15.9. The summed E-state index contributed by atoms with van der Waals surface area (Å²) in [5.41, 5.74) is 1.97. The molecular formula is C12H18BrN3O. The van der Waals surface area contributed by atoms with E-state index in [1.54, 1.807) is 0 Å². The second-order valence-corrected chi connectivity index (χ2v) is 5.40. The summed E-state index contributed by atoms with van der Waals surface area (Å²) in [6.45, 7) is 6.78. The van der Waals surface area contributed by atoms with Gasteiger partial charge in [-0.05, 0) is 48.8 Å². The van der Waals surface area contributed by atoms with Gasteiger partial charge in [-0.1, -0.05) is 0 Å². The maximum absolute atomic E-state index is 12.0. The highest BCUT2D eigenvalue weighted by Crippen LogP contribution is 2.22. The lowest BCUT2D eigenvalue weighted by Crippen LogP contribution is -2.43. The molecule has 0 unspecified atom stereocenters. The molecule has 1 saturated heterocycles. The summed E-state index contributed by atoms with van der Waals surface area (Å²) in [6.07, 6.45) is 1.18. The second kappa shape index (κ2) is 5.31. The van der Waals surface area contributed by atoms with Gasteiger partial charge in [0.1, 0.15) is 5.78 Å². The lowest BCUT2D eigenvalue weighted by atomic mass is 9.95. The highest BCUT2D eigenvalue weighted by Gasteiger charge is 2.22. The molecule has 0 aromatic carbocycles. The van der Waals surface area contributed by atoms with Crippen LogP contribution in [0.2, 0.25) is 0 Å². The van der Waals surface area contributed by atoms with Gasteiger partial charge in [-0.3, -0.25) is 9.48 Å². The van der Waals surface area contributed by atoms with E-state index in [-0.39, 0.29) is 0 Å². The van der Waals surface area contributed by atoms with Crippen molar-refractivity contribution in [3.63, 3.8) is 0 Å². The summed E-state index contributed by atoms with van der Waals surface area (Å²) in [5, 5.41) is 7.59. The topological polar surface area (TPSA) is 46.9 Å². The molecule has 0 spiro atoms. The van der Waals surface area contributed by atoms with Crippen LogP contribution >= 0.6 is 15.9 Å². The monoisotopic (exact) mass is 299 g/mol. The summed E-state index contributed by atoms with van der Waals surface area (Å²) < 4.78 is 2.90. The lowest BCUT2D eigenvalue weighted by Gasteiger charge is -2.26. The summed E-state index contributed by atoms with van der Waals surface area (Å²) in [5.74, 6) is 0.854. The predicted molar refractivity (Wildman–Crippen MR) is 70.0 cm³/mol. The molecule has 0 atom stereocenters. The molecule has 4 nitrogen and oxygen atoms in total. The SMILES string of the molecule is CCn1nc(C)c(Br)c1CC(=O)CC1CNC1. The van der Waals surface area contributed by atoms with Gasteiger partial charge in [-0.15, -0.1) is 0 Å². The average Bonchev–Trinajstić information content (AvgIpc) is 2.51. The molecule has 1 aromatic rings. The van der Waals surface area contributed by atoms with Crippen molar-refractivity contribution < 1.29 is 4.79 Å². The van der Waals surface area contributed by atoms with Crippen molar-refractivity contribution in [2.45, 2.75) is 33.2 Å². The van der Waals surface area contributed by atoms with Crippen LogP contribution in [0.1, 0.15) is 24.7 Å². The molecule has 2 rings (SSSR count). The Morgan fingerprint density at radius 1 is 1.59 bits per heavy atom. The van der Waals surface area contributed by atoms with Gasteiger partial charge < -0.3 is 5.32 Å². The number of nitrogens with zero attached hydrogens (tertiary/aromatic N) is 2. The maximum Gasteiger partial charge on any atom is 0.139 e. The molecule has 2 heterocycles. The van der Waals surface area contributed by atoms with E-state index in [1.165, 1.54) is 0 Å². The van der Waals surface area contributed by atoms with Crippen LogP contribution in [0.15, 0.2) is 4.47 Å². The molecule has 17 heavy (non-hydrogen) atoms. The van der Waals surface area contributed by atoms with E-state index in [0.29, 0.717) is 24.5 Å².